The summed E-state index contributed by atoms with van der Waals surface area (Å²) in [4.78, 5) is 10.6. The Hall–Kier alpha value is -0.570. The summed E-state index contributed by atoms with van der Waals surface area (Å²) >= 11 is 0. The van der Waals surface area contributed by atoms with E-state index in [1.807, 2.05) is 13.8 Å². The summed E-state index contributed by atoms with van der Waals surface area (Å²) in [6, 6.07) is -0.334. The quantitative estimate of drug-likeness (QED) is 0.596. The van der Waals surface area contributed by atoms with E-state index in [0.717, 1.165) is 19.3 Å². The summed E-state index contributed by atoms with van der Waals surface area (Å²) in [5, 5.41) is 11.8. The number of nitrogens with one attached hydrogen (secondary N) is 1. The van der Waals surface area contributed by atoms with Gasteiger partial charge in [0, 0.05) is 5.54 Å². The highest BCUT2D eigenvalue weighted by atomic mass is 16.4. The minimum absolute atomic E-state index is 0.00130. The van der Waals surface area contributed by atoms with Gasteiger partial charge in [-0.25, -0.2) is 0 Å². The van der Waals surface area contributed by atoms with Crippen LogP contribution in [0.1, 0.15) is 33.1 Å². The molecule has 1 fully saturated rings. The summed E-state index contributed by atoms with van der Waals surface area (Å²) in [6.45, 7) is 4.09. The molecule has 0 spiro atoms. The lowest BCUT2D eigenvalue weighted by atomic mass is 9.89. The van der Waals surface area contributed by atoms with E-state index < -0.39 is 5.97 Å². The standard InChI is InChI=1S/C8H15NO2/c1-8(2)5-3-4-6(9-8)7(10)11/h6,9H,3-5H2,1-2H3,(H,10,11)/t6-/m0/s1. The van der Waals surface area contributed by atoms with Gasteiger partial charge < -0.3 is 5.11 Å². The summed E-state index contributed by atoms with van der Waals surface area (Å²) in [5.41, 5.74) is 0.00130. The van der Waals surface area contributed by atoms with Crippen LogP contribution in [0.4, 0.5) is 0 Å². The third-order valence-corrected chi connectivity index (χ3v) is 2.16. The Morgan fingerprint density at radius 1 is 1.64 bits per heavy atom. The zero-order chi connectivity index (χ0) is 8.48. The Kier molecular flexibility index (Phi) is 2.18. The molecule has 0 aromatic heterocycles. The SMILES string of the molecule is CC1(C)CCC[C@@H](C(=O)O)N1. The van der Waals surface area contributed by atoms with Crippen LogP contribution in [0.3, 0.4) is 0 Å². The van der Waals surface area contributed by atoms with Crippen LogP contribution < -0.4 is 5.32 Å². The minimum Gasteiger partial charge on any atom is -0.480 e. The van der Waals surface area contributed by atoms with Crippen molar-refractivity contribution in [2.45, 2.75) is 44.7 Å². The number of rotatable bonds is 1. The van der Waals surface area contributed by atoms with Gasteiger partial charge in [-0.05, 0) is 33.1 Å². The van der Waals surface area contributed by atoms with Gasteiger partial charge in [-0.15, -0.1) is 0 Å². The zero-order valence-corrected chi connectivity index (χ0v) is 7.05. The van der Waals surface area contributed by atoms with Crippen molar-refractivity contribution in [1.82, 2.24) is 5.32 Å². The maximum absolute atomic E-state index is 10.6. The van der Waals surface area contributed by atoms with E-state index in [-0.39, 0.29) is 11.6 Å². The second-order valence-corrected chi connectivity index (χ2v) is 3.81. The highest BCUT2D eigenvalue weighted by Crippen LogP contribution is 2.21. The van der Waals surface area contributed by atoms with Gasteiger partial charge in [0.15, 0.2) is 0 Å². The van der Waals surface area contributed by atoms with E-state index in [4.69, 9.17) is 5.11 Å². The van der Waals surface area contributed by atoms with Crippen molar-refractivity contribution in [3.05, 3.63) is 0 Å². The normalized spacial score (nSPS) is 29.8. The summed E-state index contributed by atoms with van der Waals surface area (Å²) in [5.74, 6) is -0.724. The fourth-order valence-corrected chi connectivity index (χ4v) is 1.55. The highest BCUT2D eigenvalue weighted by molar-refractivity contribution is 5.73. The number of carboxylic acids is 1. The molecule has 1 atom stereocenters. The van der Waals surface area contributed by atoms with E-state index in [1.165, 1.54) is 0 Å². The molecule has 0 saturated carbocycles. The summed E-state index contributed by atoms with van der Waals surface area (Å²) in [7, 11) is 0. The molecule has 0 aliphatic carbocycles. The van der Waals surface area contributed by atoms with Crippen molar-refractivity contribution in [3.63, 3.8) is 0 Å². The number of hydrogen-bond acceptors (Lipinski definition) is 2. The second kappa shape index (κ2) is 2.81. The molecular formula is C8H15NO2. The Morgan fingerprint density at radius 3 is 2.64 bits per heavy atom. The number of carbonyl (C=O) groups is 1. The third kappa shape index (κ3) is 2.19. The van der Waals surface area contributed by atoms with Crippen molar-refractivity contribution < 1.29 is 9.90 Å². The number of carboxylic acid groups (broad SMARTS) is 1. The summed E-state index contributed by atoms with van der Waals surface area (Å²) < 4.78 is 0. The highest BCUT2D eigenvalue weighted by Gasteiger charge is 2.30. The van der Waals surface area contributed by atoms with Crippen LogP contribution in [0.25, 0.3) is 0 Å². The lowest BCUT2D eigenvalue weighted by molar-refractivity contribution is -0.140. The minimum atomic E-state index is -0.724. The van der Waals surface area contributed by atoms with Crippen LogP contribution in [0.2, 0.25) is 0 Å². The van der Waals surface area contributed by atoms with Crippen LogP contribution in [-0.4, -0.2) is 22.7 Å². The average molecular weight is 157 g/mol. The largest absolute Gasteiger partial charge is 0.480 e. The van der Waals surface area contributed by atoms with Gasteiger partial charge >= 0.3 is 5.97 Å². The predicted molar refractivity (Wildman–Crippen MR) is 42.5 cm³/mol. The molecule has 0 aromatic carbocycles. The Morgan fingerprint density at radius 2 is 2.27 bits per heavy atom. The molecule has 3 heteroatoms. The average Bonchev–Trinajstić information content (AvgIpc) is 1.85. The molecule has 0 unspecified atom stereocenters. The molecule has 0 aromatic rings. The zero-order valence-electron chi connectivity index (χ0n) is 7.05. The first kappa shape index (κ1) is 8.53. The lowest BCUT2D eigenvalue weighted by Gasteiger charge is -2.34. The molecule has 1 aliphatic rings. The van der Waals surface area contributed by atoms with Crippen LogP contribution in [0, 0.1) is 0 Å². The van der Waals surface area contributed by atoms with Gasteiger partial charge in [-0.2, -0.15) is 0 Å². The monoisotopic (exact) mass is 157 g/mol. The van der Waals surface area contributed by atoms with Crippen molar-refractivity contribution in [2.24, 2.45) is 0 Å². The van der Waals surface area contributed by atoms with Crippen molar-refractivity contribution in [2.75, 3.05) is 0 Å². The van der Waals surface area contributed by atoms with Gasteiger partial charge in [0.1, 0.15) is 6.04 Å². The summed E-state index contributed by atoms with van der Waals surface area (Å²) in [6.07, 6.45) is 2.84. The first-order chi connectivity index (χ1) is 5.01. The molecule has 2 N–H and O–H groups in total. The van der Waals surface area contributed by atoms with Crippen LogP contribution >= 0.6 is 0 Å². The topological polar surface area (TPSA) is 49.3 Å². The first-order valence-corrected chi connectivity index (χ1v) is 4.02. The molecule has 0 bridgehead atoms. The van der Waals surface area contributed by atoms with Crippen LogP contribution in [0.15, 0.2) is 0 Å². The Balaban J connectivity index is 2.53. The third-order valence-electron chi connectivity index (χ3n) is 2.16. The predicted octanol–water partition coefficient (Wildman–Crippen LogP) is 0.992. The molecule has 0 amide bonds. The van der Waals surface area contributed by atoms with E-state index in [1.54, 1.807) is 0 Å². The van der Waals surface area contributed by atoms with Crippen molar-refractivity contribution >= 4 is 5.97 Å². The smallest absolute Gasteiger partial charge is 0.320 e. The molecule has 1 rings (SSSR count). The molecule has 1 aliphatic heterocycles. The van der Waals surface area contributed by atoms with Crippen LogP contribution in [-0.2, 0) is 4.79 Å². The molecule has 1 saturated heterocycles. The van der Waals surface area contributed by atoms with E-state index in [0.29, 0.717) is 0 Å². The van der Waals surface area contributed by atoms with E-state index >= 15 is 0 Å². The second-order valence-electron chi connectivity index (χ2n) is 3.81. The fraction of sp³-hybridized carbons (Fsp3) is 0.875. The van der Waals surface area contributed by atoms with Gasteiger partial charge in [-0.3, -0.25) is 10.1 Å². The van der Waals surface area contributed by atoms with Gasteiger partial charge in [0.25, 0.3) is 0 Å². The van der Waals surface area contributed by atoms with Crippen molar-refractivity contribution in [3.8, 4) is 0 Å². The fourth-order valence-electron chi connectivity index (χ4n) is 1.55. The Bertz CT molecular complexity index is 165. The maximum Gasteiger partial charge on any atom is 0.320 e. The van der Waals surface area contributed by atoms with Crippen LogP contribution in [0.5, 0.6) is 0 Å². The van der Waals surface area contributed by atoms with E-state index in [2.05, 4.69) is 5.32 Å². The number of aliphatic carboxylic acids is 1. The first-order valence-electron chi connectivity index (χ1n) is 4.02. The van der Waals surface area contributed by atoms with Crippen molar-refractivity contribution in [1.29, 1.82) is 0 Å². The number of piperidine rings is 1. The molecule has 1 heterocycles. The molecular weight excluding hydrogens is 142 g/mol. The van der Waals surface area contributed by atoms with Gasteiger partial charge in [-0.1, -0.05) is 0 Å². The van der Waals surface area contributed by atoms with Gasteiger partial charge in [0.2, 0.25) is 0 Å². The van der Waals surface area contributed by atoms with E-state index in [9.17, 15) is 4.79 Å². The lowest BCUT2D eigenvalue weighted by Crippen LogP contribution is -2.52. The Labute approximate surface area is 66.8 Å². The molecule has 64 valence electrons. The molecule has 3 nitrogen and oxygen atoms in total. The maximum atomic E-state index is 10.6. The molecule has 0 radical (unpaired) electrons. The number of hydrogen-bond donors (Lipinski definition) is 2. The molecule has 11 heavy (non-hydrogen) atoms. The van der Waals surface area contributed by atoms with Gasteiger partial charge in [0.05, 0.1) is 0 Å².